The molecule has 2 rings (SSSR count). The van der Waals surface area contributed by atoms with Gasteiger partial charge in [0.2, 0.25) is 0 Å². The Labute approximate surface area is 93.8 Å². The molecule has 2 unspecified atom stereocenters. The molecular weight excluding hydrogens is 186 g/mol. The van der Waals surface area contributed by atoms with Crippen LogP contribution < -0.4 is 5.32 Å². The molecule has 0 radical (unpaired) electrons. The van der Waals surface area contributed by atoms with E-state index in [0.717, 1.165) is 19.5 Å². The molecule has 2 heteroatoms. The van der Waals surface area contributed by atoms with E-state index in [1.807, 2.05) is 0 Å². The average molecular weight is 211 g/mol. The van der Waals surface area contributed by atoms with Gasteiger partial charge in [-0.1, -0.05) is 33.6 Å². The number of hydrogen-bond acceptors (Lipinski definition) is 2. The Morgan fingerprint density at radius 2 is 2.00 bits per heavy atom. The number of nitrogens with one attached hydrogen (secondary N) is 1. The molecule has 1 saturated carbocycles. The maximum Gasteiger partial charge on any atom is 0.0861 e. The van der Waals surface area contributed by atoms with Crippen molar-refractivity contribution < 1.29 is 4.74 Å². The van der Waals surface area contributed by atoms with Crippen molar-refractivity contribution in [3.8, 4) is 0 Å². The number of morpholine rings is 1. The SMILES string of the molecule is CCC1CNCC2(CCCCC2(C)C)O1. The van der Waals surface area contributed by atoms with Crippen molar-refractivity contribution in [3.63, 3.8) is 0 Å². The summed E-state index contributed by atoms with van der Waals surface area (Å²) in [7, 11) is 0. The molecule has 2 aliphatic rings. The topological polar surface area (TPSA) is 21.3 Å². The van der Waals surface area contributed by atoms with Gasteiger partial charge in [-0.05, 0) is 24.7 Å². The lowest BCUT2D eigenvalue weighted by molar-refractivity contribution is -0.192. The quantitative estimate of drug-likeness (QED) is 0.720. The minimum atomic E-state index is 0.115. The second-order valence-electron chi connectivity index (χ2n) is 5.86. The Bertz CT molecular complexity index is 223. The fourth-order valence-corrected chi connectivity index (χ4v) is 3.15. The maximum absolute atomic E-state index is 6.42. The van der Waals surface area contributed by atoms with Gasteiger partial charge in [0.1, 0.15) is 0 Å². The molecule has 1 aliphatic heterocycles. The summed E-state index contributed by atoms with van der Waals surface area (Å²) < 4.78 is 6.42. The van der Waals surface area contributed by atoms with Crippen molar-refractivity contribution >= 4 is 0 Å². The van der Waals surface area contributed by atoms with Gasteiger partial charge >= 0.3 is 0 Å². The summed E-state index contributed by atoms with van der Waals surface area (Å²) in [6.45, 7) is 9.07. The third-order valence-electron chi connectivity index (χ3n) is 4.50. The van der Waals surface area contributed by atoms with Crippen LogP contribution in [0.25, 0.3) is 0 Å². The summed E-state index contributed by atoms with van der Waals surface area (Å²) in [6.07, 6.45) is 6.81. The van der Waals surface area contributed by atoms with Gasteiger partial charge in [-0.25, -0.2) is 0 Å². The van der Waals surface area contributed by atoms with E-state index in [2.05, 4.69) is 26.1 Å². The molecule has 1 aliphatic carbocycles. The van der Waals surface area contributed by atoms with Crippen LogP contribution in [0, 0.1) is 5.41 Å². The van der Waals surface area contributed by atoms with E-state index in [1.165, 1.54) is 25.7 Å². The molecular formula is C13H25NO. The Kier molecular flexibility index (Phi) is 3.09. The number of ether oxygens (including phenoxy) is 1. The highest BCUT2D eigenvalue weighted by atomic mass is 16.5. The second kappa shape index (κ2) is 4.06. The van der Waals surface area contributed by atoms with E-state index < -0.39 is 0 Å². The molecule has 0 bridgehead atoms. The molecule has 2 nitrogen and oxygen atoms in total. The van der Waals surface area contributed by atoms with Crippen LogP contribution in [0.5, 0.6) is 0 Å². The molecule has 0 amide bonds. The first kappa shape index (κ1) is 11.4. The van der Waals surface area contributed by atoms with Crippen LogP contribution in [-0.2, 0) is 4.74 Å². The van der Waals surface area contributed by atoms with Gasteiger partial charge in [0, 0.05) is 13.1 Å². The molecule has 88 valence electrons. The largest absolute Gasteiger partial charge is 0.369 e. The number of hydrogen-bond donors (Lipinski definition) is 1. The third kappa shape index (κ3) is 1.94. The van der Waals surface area contributed by atoms with Gasteiger partial charge in [-0.3, -0.25) is 0 Å². The van der Waals surface area contributed by atoms with E-state index >= 15 is 0 Å². The summed E-state index contributed by atoms with van der Waals surface area (Å²) in [4.78, 5) is 0. The lowest BCUT2D eigenvalue weighted by Crippen LogP contribution is -2.62. The third-order valence-corrected chi connectivity index (χ3v) is 4.50. The van der Waals surface area contributed by atoms with Gasteiger partial charge < -0.3 is 10.1 Å². The first-order valence-electron chi connectivity index (χ1n) is 6.48. The highest BCUT2D eigenvalue weighted by Crippen LogP contribution is 2.47. The highest BCUT2D eigenvalue weighted by Gasteiger charge is 2.49. The fraction of sp³-hybridized carbons (Fsp3) is 1.00. The Balaban J connectivity index is 2.15. The van der Waals surface area contributed by atoms with E-state index in [0.29, 0.717) is 11.5 Å². The van der Waals surface area contributed by atoms with E-state index in [-0.39, 0.29) is 5.60 Å². The van der Waals surface area contributed by atoms with Crippen LogP contribution in [0.15, 0.2) is 0 Å². The van der Waals surface area contributed by atoms with Gasteiger partial charge in [0.25, 0.3) is 0 Å². The van der Waals surface area contributed by atoms with Crippen molar-refractivity contribution in [1.29, 1.82) is 0 Å². The van der Waals surface area contributed by atoms with E-state index in [4.69, 9.17) is 4.74 Å². The number of rotatable bonds is 1. The fourth-order valence-electron chi connectivity index (χ4n) is 3.15. The normalized spacial score (nSPS) is 40.6. The van der Waals surface area contributed by atoms with Gasteiger partial charge in [-0.2, -0.15) is 0 Å². The van der Waals surface area contributed by atoms with Crippen LogP contribution in [0.2, 0.25) is 0 Å². The van der Waals surface area contributed by atoms with Crippen LogP contribution in [0.4, 0.5) is 0 Å². The lowest BCUT2D eigenvalue weighted by Gasteiger charge is -2.54. The smallest absolute Gasteiger partial charge is 0.0861 e. The monoisotopic (exact) mass is 211 g/mol. The van der Waals surface area contributed by atoms with Gasteiger partial charge in [0.15, 0.2) is 0 Å². The Hall–Kier alpha value is -0.0800. The van der Waals surface area contributed by atoms with Crippen molar-refractivity contribution in [3.05, 3.63) is 0 Å². The minimum absolute atomic E-state index is 0.115. The Morgan fingerprint density at radius 1 is 1.27 bits per heavy atom. The standard InChI is InChI=1S/C13H25NO/c1-4-11-9-14-10-13(15-11)8-6-5-7-12(13,2)3/h11,14H,4-10H2,1-3H3. The van der Waals surface area contributed by atoms with Crippen molar-refractivity contribution in [1.82, 2.24) is 5.32 Å². The van der Waals surface area contributed by atoms with Crippen molar-refractivity contribution in [2.75, 3.05) is 13.1 Å². The van der Waals surface area contributed by atoms with E-state index in [9.17, 15) is 0 Å². The molecule has 1 heterocycles. The zero-order chi connectivity index (χ0) is 10.9. The van der Waals surface area contributed by atoms with E-state index in [1.54, 1.807) is 0 Å². The molecule has 2 atom stereocenters. The van der Waals surface area contributed by atoms with Crippen LogP contribution in [0.3, 0.4) is 0 Å². The minimum Gasteiger partial charge on any atom is -0.369 e. The van der Waals surface area contributed by atoms with Crippen molar-refractivity contribution in [2.24, 2.45) is 5.41 Å². The lowest BCUT2D eigenvalue weighted by atomic mass is 9.64. The maximum atomic E-state index is 6.42. The zero-order valence-corrected chi connectivity index (χ0v) is 10.4. The molecule has 1 saturated heterocycles. The summed E-state index contributed by atoms with van der Waals surface area (Å²) in [5.41, 5.74) is 0.455. The average Bonchev–Trinajstić information content (AvgIpc) is 2.23. The Morgan fingerprint density at radius 3 is 2.67 bits per heavy atom. The molecule has 0 aromatic carbocycles. The second-order valence-corrected chi connectivity index (χ2v) is 5.86. The predicted molar refractivity (Wildman–Crippen MR) is 63.0 cm³/mol. The highest BCUT2D eigenvalue weighted by molar-refractivity contribution is 5.02. The summed E-state index contributed by atoms with van der Waals surface area (Å²) >= 11 is 0. The van der Waals surface area contributed by atoms with Crippen LogP contribution >= 0.6 is 0 Å². The molecule has 2 fully saturated rings. The summed E-state index contributed by atoms with van der Waals surface area (Å²) in [5, 5.41) is 3.58. The summed E-state index contributed by atoms with van der Waals surface area (Å²) in [5.74, 6) is 0. The molecule has 1 N–H and O–H groups in total. The van der Waals surface area contributed by atoms with Crippen LogP contribution in [0.1, 0.15) is 52.9 Å². The molecule has 15 heavy (non-hydrogen) atoms. The van der Waals surface area contributed by atoms with Crippen LogP contribution in [-0.4, -0.2) is 24.8 Å². The molecule has 0 aromatic heterocycles. The zero-order valence-electron chi connectivity index (χ0n) is 10.4. The van der Waals surface area contributed by atoms with Crippen molar-refractivity contribution in [2.45, 2.75) is 64.6 Å². The first-order chi connectivity index (χ1) is 7.10. The summed E-state index contributed by atoms with van der Waals surface area (Å²) in [6, 6.07) is 0. The molecule has 1 spiro atoms. The molecule has 0 aromatic rings. The van der Waals surface area contributed by atoms with Gasteiger partial charge in [-0.15, -0.1) is 0 Å². The predicted octanol–water partition coefficient (Wildman–Crippen LogP) is 2.72. The first-order valence-corrected chi connectivity index (χ1v) is 6.48. The van der Waals surface area contributed by atoms with Gasteiger partial charge in [0.05, 0.1) is 11.7 Å².